The summed E-state index contributed by atoms with van der Waals surface area (Å²) in [5.41, 5.74) is 21.8. The Balaban J connectivity index is 1.03. The van der Waals surface area contributed by atoms with Crippen LogP contribution in [-0.4, -0.2) is 0 Å². The summed E-state index contributed by atoms with van der Waals surface area (Å²) in [6.07, 6.45) is 5.51. The van der Waals surface area contributed by atoms with E-state index in [4.69, 9.17) is 0 Å². The first kappa shape index (κ1) is 41.2. The first-order chi connectivity index (χ1) is 34.2. The molecule has 3 aliphatic rings. The molecule has 13 rings (SSSR count). The van der Waals surface area contributed by atoms with Gasteiger partial charge in [0, 0.05) is 16.9 Å². The smallest absolute Gasteiger partial charge is 0.0714 e. The van der Waals surface area contributed by atoms with Crippen LogP contribution in [0.2, 0.25) is 0 Å². The van der Waals surface area contributed by atoms with Crippen molar-refractivity contribution in [2.24, 2.45) is 11.8 Å². The van der Waals surface area contributed by atoms with Crippen molar-refractivity contribution in [1.82, 2.24) is 0 Å². The molecule has 69 heavy (non-hydrogen) atoms. The van der Waals surface area contributed by atoms with Gasteiger partial charge in [-0.2, -0.15) is 0 Å². The van der Waals surface area contributed by atoms with E-state index in [0.717, 1.165) is 28.9 Å². The van der Waals surface area contributed by atoms with Gasteiger partial charge in [0.2, 0.25) is 0 Å². The molecule has 0 aliphatic heterocycles. The molecule has 2 saturated carbocycles. The van der Waals surface area contributed by atoms with Gasteiger partial charge in [-0.3, -0.25) is 0 Å². The maximum absolute atomic E-state index is 2.55. The predicted octanol–water partition coefficient (Wildman–Crippen LogP) is 18.1. The van der Waals surface area contributed by atoms with Crippen molar-refractivity contribution in [2.75, 3.05) is 4.90 Å². The van der Waals surface area contributed by atoms with Crippen LogP contribution in [0.1, 0.15) is 59.4 Å². The van der Waals surface area contributed by atoms with Gasteiger partial charge in [-0.1, -0.05) is 225 Å². The van der Waals surface area contributed by atoms with E-state index in [1.807, 2.05) is 0 Å². The van der Waals surface area contributed by atoms with Crippen LogP contribution in [0.15, 0.2) is 255 Å². The fraction of sp³-hybridized carbons (Fsp3) is 0.118. The van der Waals surface area contributed by atoms with Gasteiger partial charge in [-0.25, -0.2) is 0 Å². The van der Waals surface area contributed by atoms with Crippen molar-refractivity contribution in [2.45, 2.75) is 37.0 Å². The molecule has 2 bridgehead atoms. The summed E-state index contributed by atoms with van der Waals surface area (Å²) in [5, 5.41) is 0. The van der Waals surface area contributed by atoms with Crippen LogP contribution >= 0.6 is 0 Å². The highest BCUT2D eigenvalue weighted by molar-refractivity contribution is 5.97. The van der Waals surface area contributed by atoms with Crippen LogP contribution in [0, 0.1) is 11.8 Å². The second kappa shape index (κ2) is 17.3. The zero-order valence-corrected chi connectivity index (χ0v) is 38.8. The molecule has 0 N–H and O–H groups in total. The first-order valence-corrected chi connectivity index (χ1v) is 24.9. The molecule has 0 amide bonds. The summed E-state index contributed by atoms with van der Waals surface area (Å²) < 4.78 is 0. The van der Waals surface area contributed by atoms with Gasteiger partial charge in [0.1, 0.15) is 0 Å². The highest BCUT2D eigenvalue weighted by Gasteiger charge is 2.47. The lowest BCUT2D eigenvalue weighted by molar-refractivity contribution is 0.420. The number of hydrogen-bond donors (Lipinski definition) is 0. The Hall–Kier alpha value is -8.00. The summed E-state index contributed by atoms with van der Waals surface area (Å²) >= 11 is 0. The molecule has 10 aromatic carbocycles. The number of fused-ring (bicyclic) bond motifs is 5. The van der Waals surface area contributed by atoms with E-state index in [2.05, 4.69) is 260 Å². The highest BCUT2D eigenvalue weighted by Crippen LogP contribution is 2.59. The molecule has 0 spiro atoms. The molecule has 3 unspecified atom stereocenters. The SMILES string of the molecule is c1ccc(-c2ccccc2-c2ccccc2-c2ccc(N(c3ccc(C4CC5CCC4C5)cc3)c3cc4c(cc3-c3ccccc3)-c3ccccc3C4(c3ccccc3)c3ccccc3)cc2)cc1. The molecular weight excluding hydrogens is 831 g/mol. The lowest BCUT2D eigenvalue weighted by atomic mass is 9.67. The Bertz CT molecular complexity index is 3390. The lowest BCUT2D eigenvalue weighted by Crippen LogP contribution is -2.28. The van der Waals surface area contributed by atoms with Crippen LogP contribution in [0.5, 0.6) is 0 Å². The summed E-state index contributed by atoms with van der Waals surface area (Å²) in [6, 6.07) is 95.1. The third kappa shape index (κ3) is 6.98. The fourth-order valence-corrected chi connectivity index (χ4v) is 12.8. The second-order valence-electron chi connectivity index (χ2n) is 19.5. The monoisotopic (exact) mass is 883 g/mol. The molecule has 1 heteroatoms. The van der Waals surface area contributed by atoms with E-state index in [9.17, 15) is 0 Å². The van der Waals surface area contributed by atoms with E-state index >= 15 is 0 Å². The molecule has 10 aromatic rings. The first-order valence-electron chi connectivity index (χ1n) is 24.9. The van der Waals surface area contributed by atoms with Crippen molar-refractivity contribution in [1.29, 1.82) is 0 Å². The maximum Gasteiger partial charge on any atom is 0.0714 e. The molecule has 0 radical (unpaired) electrons. The Morgan fingerprint density at radius 2 is 0.797 bits per heavy atom. The minimum Gasteiger partial charge on any atom is -0.310 e. The number of anilines is 3. The largest absolute Gasteiger partial charge is 0.310 e. The van der Waals surface area contributed by atoms with Gasteiger partial charge in [-0.05, 0) is 151 Å². The summed E-state index contributed by atoms with van der Waals surface area (Å²) in [4.78, 5) is 2.54. The van der Waals surface area contributed by atoms with Crippen molar-refractivity contribution >= 4 is 17.1 Å². The van der Waals surface area contributed by atoms with E-state index in [-0.39, 0.29) is 0 Å². The van der Waals surface area contributed by atoms with Crippen LogP contribution in [0.3, 0.4) is 0 Å². The van der Waals surface area contributed by atoms with E-state index in [1.54, 1.807) is 0 Å². The molecule has 0 heterocycles. The Morgan fingerprint density at radius 3 is 1.33 bits per heavy atom. The predicted molar refractivity (Wildman–Crippen MR) is 288 cm³/mol. The quantitative estimate of drug-likeness (QED) is 0.132. The summed E-state index contributed by atoms with van der Waals surface area (Å²) in [5.74, 6) is 2.37. The number of rotatable bonds is 10. The number of nitrogens with zero attached hydrogens (tertiary/aromatic N) is 1. The van der Waals surface area contributed by atoms with E-state index in [1.165, 1.54) is 109 Å². The van der Waals surface area contributed by atoms with Crippen LogP contribution < -0.4 is 4.90 Å². The topological polar surface area (TPSA) is 3.24 Å². The molecule has 3 aliphatic carbocycles. The summed E-state index contributed by atoms with van der Waals surface area (Å²) in [7, 11) is 0. The van der Waals surface area contributed by atoms with Gasteiger partial charge in [0.05, 0.1) is 11.1 Å². The number of benzene rings is 10. The third-order valence-electron chi connectivity index (χ3n) is 15.9. The van der Waals surface area contributed by atoms with Gasteiger partial charge < -0.3 is 4.90 Å². The molecule has 2 fully saturated rings. The highest BCUT2D eigenvalue weighted by atomic mass is 15.1. The maximum atomic E-state index is 2.55. The van der Waals surface area contributed by atoms with Gasteiger partial charge >= 0.3 is 0 Å². The van der Waals surface area contributed by atoms with E-state index in [0.29, 0.717) is 5.92 Å². The minimum atomic E-state index is -0.542. The second-order valence-corrected chi connectivity index (χ2v) is 19.5. The molecular formula is C68H53N. The zero-order chi connectivity index (χ0) is 45.7. The van der Waals surface area contributed by atoms with Crippen LogP contribution in [0.4, 0.5) is 17.1 Å². The van der Waals surface area contributed by atoms with Crippen molar-refractivity contribution in [3.05, 3.63) is 283 Å². The van der Waals surface area contributed by atoms with E-state index < -0.39 is 5.41 Å². The molecule has 0 saturated heterocycles. The summed E-state index contributed by atoms with van der Waals surface area (Å²) in [6.45, 7) is 0. The molecule has 330 valence electrons. The Kier molecular flexibility index (Phi) is 10.3. The Morgan fingerprint density at radius 1 is 0.333 bits per heavy atom. The molecule has 1 nitrogen and oxygen atoms in total. The van der Waals surface area contributed by atoms with Crippen LogP contribution in [0.25, 0.3) is 55.6 Å². The minimum absolute atomic E-state index is 0.542. The molecule has 0 aromatic heterocycles. The standard InChI is InChI=1S/C68H53N/c1-5-19-48(20-6-1)57-27-13-15-29-59(57)60-30-16-14-28-58(60)50-35-39-55(40-36-50)69(56-41-37-51(38-42-56)62-44-47-33-34-52(62)43-47)67-46-66-64(45-63(67)49-21-7-2-8-22-49)61-31-17-18-32-65(61)68(66,53-23-9-3-10-24-53)54-25-11-4-12-26-54/h1-32,35-42,45-47,52,62H,33-34,43-44H2. The van der Waals surface area contributed by atoms with Crippen molar-refractivity contribution in [3.8, 4) is 55.6 Å². The number of hydrogen-bond acceptors (Lipinski definition) is 1. The Labute approximate surface area is 407 Å². The normalized spacial score (nSPS) is 17.3. The zero-order valence-electron chi connectivity index (χ0n) is 38.8. The average molecular weight is 884 g/mol. The molecule has 3 atom stereocenters. The lowest BCUT2D eigenvalue weighted by Gasteiger charge is -2.35. The fourth-order valence-electron chi connectivity index (χ4n) is 12.8. The van der Waals surface area contributed by atoms with Crippen molar-refractivity contribution in [3.63, 3.8) is 0 Å². The third-order valence-corrected chi connectivity index (χ3v) is 15.9. The van der Waals surface area contributed by atoms with Gasteiger partial charge in [-0.15, -0.1) is 0 Å². The van der Waals surface area contributed by atoms with Gasteiger partial charge in [0.25, 0.3) is 0 Å². The van der Waals surface area contributed by atoms with Gasteiger partial charge in [0.15, 0.2) is 0 Å². The average Bonchev–Trinajstić information content (AvgIpc) is 4.15. The van der Waals surface area contributed by atoms with Crippen LogP contribution in [-0.2, 0) is 5.41 Å². The van der Waals surface area contributed by atoms with Crippen molar-refractivity contribution < 1.29 is 0 Å².